The van der Waals surface area contributed by atoms with Gasteiger partial charge < -0.3 is 4.90 Å². The van der Waals surface area contributed by atoms with Gasteiger partial charge in [0.15, 0.2) is 0 Å². The number of pyridine rings is 1. The van der Waals surface area contributed by atoms with E-state index in [-0.39, 0.29) is 5.82 Å². The van der Waals surface area contributed by atoms with Crippen LogP contribution in [-0.4, -0.2) is 41.0 Å². The average molecular weight is 421 g/mol. The first-order valence-electron chi connectivity index (χ1n) is 8.22. The molecule has 7 heteroatoms. The molecular weight excluding hydrogens is 403 g/mol. The van der Waals surface area contributed by atoms with Gasteiger partial charge in [-0.1, -0.05) is 0 Å². The number of anilines is 1. The monoisotopic (exact) mass is 420 g/mol. The predicted molar refractivity (Wildman–Crippen MR) is 104 cm³/mol. The summed E-state index contributed by atoms with van der Waals surface area (Å²) in [6.45, 7) is 6.73. The Morgan fingerprint density at radius 3 is 2.68 bits per heavy atom. The summed E-state index contributed by atoms with van der Waals surface area (Å²) in [5.74, 6) is 0.638. The zero-order chi connectivity index (χ0) is 17.4. The largest absolute Gasteiger partial charge is 0.354 e. The van der Waals surface area contributed by atoms with Gasteiger partial charge in [0.05, 0.1) is 20.7 Å². The molecule has 0 atom stereocenters. The van der Waals surface area contributed by atoms with E-state index in [4.69, 9.17) is 0 Å². The first-order valence-corrected chi connectivity index (χ1v) is 9.90. The van der Waals surface area contributed by atoms with E-state index < -0.39 is 0 Å². The van der Waals surface area contributed by atoms with Gasteiger partial charge in [-0.15, -0.1) is 11.3 Å². The van der Waals surface area contributed by atoms with Crippen molar-refractivity contribution in [3.8, 4) is 0 Å². The number of rotatable bonds is 3. The van der Waals surface area contributed by atoms with Gasteiger partial charge in [-0.25, -0.2) is 14.4 Å². The van der Waals surface area contributed by atoms with E-state index in [9.17, 15) is 4.39 Å². The summed E-state index contributed by atoms with van der Waals surface area (Å²) in [7, 11) is 0. The van der Waals surface area contributed by atoms with Gasteiger partial charge in [0.2, 0.25) is 0 Å². The number of fused-ring (bicyclic) bond motifs is 1. The minimum Gasteiger partial charge on any atom is -0.354 e. The van der Waals surface area contributed by atoms with Gasteiger partial charge in [0.25, 0.3) is 0 Å². The molecule has 1 fully saturated rings. The van der Waals surface area contributed by atoms with Crippen molar-refractivity contribution in [1.29, 1.82) is 0 Å². The molecule has 4 nitrogen and oxygen atoms in total. The highest BCUT2D eigenvalue weighted by Crippen LogP contribution is 2.25. The Balaban J connectivity index is 1.45. The number of nitrogens with zero attached hydrogens (tertiary/aromatic N) is 4. The van der Waals surface area contributed by atoms with E-state index in [0.29, 0.717) is 9.99 Å². The molecular formula is C18H18BrFN4S. The Kier molecular flexibility index (Phi) is 4.71. The fraction of sp³-hybridized carbons (Fsp3) is 0.333. The van der Waals surface area contributed by atoms with Gasteiger partial charge in [-0.05, 0) is 41.1 Å². The van der Waals surface area contributed by atoms with Crippen LogP contribution >= 0.6 is 27.3 Å². The van der Waals surface area contributed by atoms with Crippen molar-refractivity contribution >= 4 is 44.0 Å². The van der Waals surface area contributed by atoms with Crippen molar-refractivity contribution in [2.24, 2.45) is 0 Å². The molecule has 4 rings (SSSR count). The molecule has 2 aromatic heterocycles. The fourth-order valence-corrected chi connectivity index (χ4v) is 4.09. The number of halogens is 2. The molecule has 3 aromatic rings. The number of aryl methyl sites for hydroxylation is 1. The summed E-state index contributed by atoms with van der Waals surface area (Å²) in [6.07, 6.45) is 0. The third-order valence-electron chi connectivity index (χ3n) is 4.47. The number of hydrogen-bond donors (Lipinski definition) is 0. The van der Waals surface area contributed by atoms with Crippen molar-refractivity contribution in [2.75, 3.05) is 31.1 Å². The Morgan fingerprint density at radius 2 is 1.96 bits per heavy atom. The van der Waals surface area contributed by atoms with Crippen LogP contribution in [0.5, 0.6) is 0 Å². The van der Waals surface area contributed by atoms with Gasteiger partial charge in [-0.2, -0.15) is 0 Å². The first kappa shape index (κ1) is 16.9. The lowest BCUT2D eigenvalue weighted by molar-refractivity contribution is 0.247. The zero-order valence-electron chi connectivity index (χ0n) is 13.9. The highest BCUT2D eigenvalue weighted by molar-refractivity contribution is 9.10. The van der Waals surface area contributed by atoms with Crippen LogP contribution in [0.3, 0.4) is 0 Å². The highest BCUT2D eigenvalue weighted by Gasteiger charge is 2.19. The van der Waals surface area contributed by atoms with Crippen molar-refractivity contribution in [1.82, 2.24) is 14.9 Å². The predicted octanol–water partition coefficient (Wildman–Crippen LogP) is 4.22. The molecule has 0 saturated carbocycles. The number of aromatic nitrogens is 2. The van der Waals surface area contributed by atoms with E-state index in [1.165, 1.54) is 6.07 Å². The summed E-state index contributed by atoms with van der Waals surface area (Å²) in [4.78, 5) is 13.9. The number of hydrogen-bond acceptors (Lipinski definition) is 5. The molecule has 0 aliphatic carbocycles. The second-order valence-electron chi connectivity index (χ2n) is 6.25. The molecule has 130 valence electrons. The lowest BCUT2D eigenvalue weighted by Gasteiger charge is -2.35. The summed E-state index contributed by atoms with van der Waals surface area (Å²) in [5.41, 5.74) is 1.85. The van der Waals surface area contributed by atoms with Crippen LogP contribution in [0, 0.1) is 12.7 Å². The second-order valence-corrected chi connectivity index (χ2v) is 8.17. The van der Waals surface area contributed by atoms with Crippen LogP contribution in [0.2, 0.25) is 0 Å². The molecule has 1 aromatic carbocycles. The molecule has 0 unspecified atom stereocenters. The van der Waals surface area contributed by atoms with Crippen LogP contribution in [0.1, 0.15) is 10.7 Å². The SMILES string of the molecule is Cc1nc(CN2CCN(c3ccc4cc(Br)c(F)cc4n3)CC2)cs1. The summed E-state index contributed by atoms with van der Waals surface area (Å²) >= 11 is 4.92. The molecule has 0 bridgehead atoms. The molecule has 1 saturated heterocycles. The topological polar surface area (TPSA) is 32.3 Å². The molecule has 0 N–H and O–H groups in total. The van der Waals surface area contributed by atoms with E-state index >= 15 is 0 Å². The van der Waals surface area contributed by atoms with Crippen molar-refractivity contribution in [3.05, 3.63) is 50.6 Å². The molecule has 3 heterocycles. The molecule has 1 aliphatic rings. The molecule has 25 heavy (non-hydrogen) atoms. The lowest BCUT2D eigenvalue weighted by Crippen LogP contribution is -2.46. The normalized spacial score (nSPS) is 15.9. The second kappa shape index (κ2) is 6.97. The quantitative estimate of drug-likeness (QED) is 0.634. The lowest BCUT2D eigenvalue weighted by atomic mass is 10.2. The van der Waals surface area contributed by atoms with E-state index in [0.717, 1.165) is 54.6 Å². The van der Waals surface area contributed by atoms with Crippen LogP contribution in [0.4, 0.5) is 10.2 Å². The summed E-state index contributed by atoms with van der Waals surface area (Å²) < 4.78 is 14.2. The Morgan fingerprint density at radius 1 is 1.16 bits per heavy atom. The van der Waals surface area contributed by atoms with Crippen LogP contribution < -0.4 is 4.90 Å². The van der Waals surface area contributed by atoms with Gasteiger partial charge in [0, 0.05) is 49.6 Å². The average Bonchev–Trinajstić information content (AvgIpc) is 3.01. The van der Waals surface area contributed by atoms with Gasteiger partial charge in [0.1, 0.15) is 11.6 Å². The van der Waals surface area contributed by atoms with Crippen molar-refractivity contribution in [3.63, 3.8) is 0 Å². The summed E-state index contributed by atoms with van der Waals surface area (Å²) in [5, 5.41) is 4.20. The molecule has 0 radical (unpaired) electrons. The minimum atomic E-state index is -0.277. The number of piperazine rings is 1. The maximum absolute atomic E-state index is 13.8. The van der Waals surface area contributed by atoms with Crippen LogP contribution in [0.15, 0.2) is 34.1 Å². The fourth-order valence-electron chi connectivity index (χ4n) is 3.13. The molecule has 1 aliphatic heterocycles. The van der Waals surface area contributed by atoms with E-state index in [2.05, 4.69) is 41.1 Å². The third-order valence-corrected chi connectivity index (χ3v) is 5.90. The summed E-state index contributed by atoms with van der Waals surface area (Å²) in [6, 6.07) is 7.29. The zero-order valence-corrected chi connectivity index (χ0v) is 16.3. The third kappa shape index (κ3) is 3.68. The highest BCUT2D eigenvalue weighted by atomic mass is 79.9. The minimum absolute atomic E-state index is 0.277. The van der Waals surface area contributed by atoms with Crippen LogP contribution in [0.25, 0.3) is 10.9 Å². The maximum atomic E-state index is 13.8. The molecule has 0 spiro atoms. The number of benzene rings is 1. The molecule has 0 amide bonds. The standard InChI is InChI=1S/C18H18BrFN4S/c1-12-21-14(11-25-12)10-23-4-6-24(7-5-23)18-3-2-13-8-15(19)16(20)9-17(13)22-18/h2-3,8-9,11H,4-7,10H2,1H3. The van der Waals surface area contributed by atoms with E-state index in [1.54, 1.807) is 17.4 Å². The maximum Gasteiger partial charge on any atom is 0.139 e. The number of thiazole rings is 1. The van der Waals surface area contributed by atoms with Crippen LogP contribution in [-0.2, 0) is 6.54 Å². The first-order chi connectivity index (χ1) is 12.1. The van der Waals surface area contributed by atoms with Gasteiger partial charge in [-0.3, -0.25) is 4.90 Å². The Labute approximate surface area is 158 Å². The Hall–Kier alpha value is -1.57. The van der Waals surface area contributed by atoms with Gasteiger partial charge >= 0.3 is 0 Å². The smallest absolute Gasteiger partial charge is 0.139 e. The van der Waals surface area contributed by atoms with Crippen molar-refractivity contribution in [2.45, 2.75) is 13.5 Å². The Bertz CT molecular complexity index is 905. The van der Waals surface area contributed by atoms with Crippen molar-refractivity contribution < 1.29 is 4.39 Å². The van der Waals surface area contributed by atoms with E-state index in [1.807, 2.05) is 19.1 Å².